The van der Waals surface area contributed by atoms with E-state index in [1.165, 1.54) is 6.42 Å². The van der Waals surface area contributed by atoms with Gasteiger partial charge >= 0.3 is 0 Å². The molecule has 1 N–H and O–H groups in total. The number of benzene rings is 2. The number of hydrogen-bond donors (Lipinski definition) is 1. The number of ether oxygens (including phenoxy) is 2. The van der Waals surface area contributed by atoms with Crippen LogP contribution >= 0.6 is 0 Å². The fourth-order valence-electron chi connectivity index (χ4n) is 4.00. The molecule has 0 atom stereocenters. The Hall–Kier alpha value is -2.53. The van der Waals surface area contributed by atoms with Gasteiger partial charge in [0.05, 0.1) is 6.61 Å². The summed E-state index contributed by atoms with van der Waals surface area (Å²) < 4.78 is 10.8. The minimum absolute atomic E-state index is 0.00246. The molecule has 5 nitrogen and oxygen atoms in total. The summed E-state index contributed by atoms with van der Waals surface area (Å²) in [6.45, 7) is 0.652. The molecule has 1 heterocycles. The summed E-state index contributed by atoms with van der Waals surface area (Å²) in [5.74, 6) is 1.52. The van der Waals surface area contributed by atoms with Crippen molar-refractivity contribution in [2.24, 2.45) is 0 Å². The number of amides is 1. The van der Waals surface area contributed by atoms with E-state index in [4.69, 9.17) is 9.47 Å². The van der Waals surface area contributed by atoms with Gasteiger partial charge in [0, 0.05) is 18.2 Å². The minimum Gasteiger partial charge on any atom is -0.454 e. The topological polar surface area (TPSA) is 59.0 Å². The summed E-state index contributed by atoms with van der Waals surface area (Å²) >= 11 is 0. The summed E-state index contributed by atoms with van der Waals surface area (Å²) in [5.41, 5.74) is 2.72. The predicted molar refractivity (Wildman–Crippen MR) is 103 cm³/mol. The van der Waals surface area contributed by atoms with Crippen LogP contribution in [0.1, 0.15) is 42.5 Å². The average molecular weight is 367 g/mol. The van der Waals surface area contributed by atoms with Crippen molar-refractivity contribution < 1.29 is 19.4 Å². The normalized spacial score (nSPS) is 16.3. The maximum absolute atomic E-state index is 13.0. The van der Waals surface area contributed by atoms with Crippen LogP contribution in [-0.4, -0.2) is 41.9 Å². The molecule has 0 aromatic heterocycles. The highest BCUT2D eigenvalue weighted by Gasteiger charge is 2.25. The Morgan fingerprint density at radius 1 is 0.963 bits per heavy atom. The Balaban J connectivity index is 1.52. The van der Waals surface area contributed by atoms with Crippen LogP contribution in [0, 0.1) is 0 Å². The molecule has 2 aliphatic rings. The first kappa shape index (κ1) is 17.9. The summed E-state index contributed by atoms with van der Waals surface area (Å²) in [6.07, 6.45) is 5.61. The van der Waals surface area contributed by atoms with Crippen LogP contribution in [-0.2, 0) is 0 Å². The van der Waals surface area contributed by atoms with E-state index >= 15 is 0 Å². The van der Waals surface area contributed by atoms with E-state index in [1.54, 1.807) is 0 Å². The molecule has 1 aliphatic heterocycles. The van der Waals surface area contributed by atoms with Crippen LogP contribution in [0.4, 0.5) is 0 Å². The number of aliphatic hydroxyl groups excluding tert-OH is 1. The number of rotatable bonds is 5. The molecule has 1 amide bonds. The second-order valence-corrected chi connectivity index (χ2v) is 7.16. The Bertz CT molecular complexity index is 796. The van der Waals surface area contributed by atoms with E-state index in [0.717, 1.165) is 48.3 Å². The fraction of sp³-hybridized carbons (Fsp3) is 0.409. The summed E-state index contributed by atoms with van der Waals surface area (Å²) in [7, 11) is 0. The third-order valence-electron chi connectivity index (χ3n) is 5.45. The van der Waals surface area contributed by atoms with Gasteiger partial charge in [0.1, 0.15) is 0 Å². The average Bonchev–Trinajstić information content (AvgIpc) is 3.20. The molecule has 4 rings (SSSR count). The zero-order valence-electron chi connectivity index (χ0n) is 15.4. The number of aliphatic hydroxyl groups is 1. The third-order valence-corrected chi connectivity index (χ3v) is 5.45. The fourth-order valence-corrected chi connectivity index (χ4v) is 4.00. The predicted octanol–water partition coefficient (Wildman–Crippen LogP) is 3.85. The third kappa shape index (κ3) is 3.78. The highest BCUT2D eigenvalue weighted by atomic mass is 16.7. The van der Waals surface area contributed by atoms with Gasteiger partial charge in [-0.1, -0.05) is 37.5 Å². The van der Waals surface area contributed by atoms with Crippen LogP contribution in [0.15, 0.2) is 42.5 Å². The van der Waals surface area contributed by atoms with Crippen LogP contribution in [0.3, 0.4) is 0 Å². The molecule has 2 aromatic carbocycles. The lowest BCUT2D eigenvalue weighted by Crippen LogP contribution is -2.43. The number of nitrogens with zero attached hydrogens (tertiary/aromatic N) is 1. The molecule has 142 valence electrons. The van der Waals surface area contributed by atoms with Gasteiger partial charge in [-0.05, 0) is 48.2 Å². The van der Waals surface area contributed by atoms with Gasteiger partial charge in [-0.2, -0.15) is 0 Å². The first-order chi connectivity index (χ1) is 13.3. The quantitative estimate of drug-likeness (QED) is 0.872. The monoisotopic (exact) mass is 367 g/mol. The van der Waals surface area contributed by atoms with Crippen LogP contribution < -0.4 is 9.47 Å². The van der Waals surface area contributed by atoms with Crippen LogP contribution in [0.25, 0.3) is 11.1 Å². The molecule has 1 fully saturated rings. The molecule has 0 spiro atoms. The van der Waals surface area contributed by atoms with Gasteiger partial charge in [-0.15, -0.1) is 0 Å². The molecule has 0 radical (unpaired) electrons. The maximum atomic E-state index is 13.0. The zero-order chi connectivity index (χ0) is 18.6. The van der Waals surface area contributed by atoms with Crippen molar-refractivity contribution in [1.29, 1.82) is 0 Å². The second-order valence-electron chi connectivity index (χ2n) is 7.16. The minimum atomic E-state index is -0.00246. The van der Waals surface area contributed by atoms with E-state index in [-0.39, 0.29) is 25.3 Å². The molecule has 2 aromatic rings. The Morgan fingerprint density at radius 2 is 1.67 bits per heavy atom. The number of hydrogen-bond acceptors (Lipinski definition) is 4. The molecule has 5 heteroatoms. The number of carbonyl (C=O) groups excluding carboxylic acids is 1. The lowest BCUT2D eigenvalue weighted by atomic mass is 9.93. The van der Waals surface area contributed by atoms with Gasteiger partial charge in [-0.3, -0.25) is 4.79 Å². The Morgan fingerprint density at radius 3 is 2.41 bits per heavy atom. The van der Waals surface area contributed by atoms with Gasteiger partial charge < -0.3 is 19.5 Å². The van der Waals surface area contributed by atoms with Crippen molar-refractivity contribution in [3.8, 4) is 22.6 Å². The van der Waals surface area contributed by atoms with Crippen LogP contribution in [0.2, 0.25) is 0 Å². The SMILES string of the molecule is O=C(c1ccc(-c2ccc3c(c2)OCO3)cc1)N(CCO)C1CCCCC1. The van der Waals surface area contributed by atoms with Gasteiger partial charge in [-0.25, -0.2) is 0 Å². The van der Waals surface area contributed by atoms with Crippen molar-refractivity contribution in [3.63, 3.8) is 0 Å². The summed E-state index contributed by atoms with van der Waals surface area (Å²) in [6, 6.07) is 13.8. The lowest BCUT2D eigenvalue weighted by Gasteiger charge is -2.34. The molecular weight excluding hydrogens is 342 g/mol. The largest absolute Gasteiger partial charge is 0.454 e. The van der Waals surface area contributed by atoms with Gasteiger partial charge in [0.25, 0.3) is 5.91 Å². The van der Waals surface area contributed by atoms with E-state index in [0.29, 0.717) is 12.1 Å². The smallest absolute Gasteiger partial charge is 0.254 e. The van der Waals surface area contributed by atoms with Crippen molar-refractivity contribution in [2.75, 3.05) is 19.9 Å². The molecule has 0 unspecified atom stereocenters. The van der Waals surface area contributed by atoms with E-state index in [9.17, 15) is 9.90 Å². The molecule has 27 heavy (non-hydrogen) atoms. The lowest BCUT2D eigenvalue weighted by molar-refractivity contribution is 0.0585. The van der Waals surface area contributed by atoms with E-state index < -0.39 is 0 Å². The van der Waals surface area contributed by atoms with Crippen LogP contribution in [0.5, 0.6) is 11.5 Å². The second kappa shape index (κ2) is 8.01. The Kier molecular flexibility index (Phi) is 5.30. The summed E-state index contributed by atoms with van der Waals surface area (Å²) in [5, 5.41) is 9.42. The molecule has 0 saturated heterocycles. The molecule has 1 aliphatic carbocycles. The van der Waals surface area contributed by atoms with Crippen molar-refractivity contribution in [2.45, 2.75) is 38.1 Å². The highest BCUT2D eigenvalue weighted by molar-refractivity contribution is 5.95. The first-order valence-electron chi connectivity index (χ1n) is 9.68. The van der Waals surface area contributed by atoms with Crippen molar-refractivity contribution in [3.05, 3.63) is 48.0 Å². The van der Waals surface area contributed by atoms with E-state index in [2.05, 4.69) is 0 Å². The van der Waals surface area contributed by atoms with E-state index in [1.807, 2.05) is 47.4 Å². The Labute approximate surface area is 159 Å². The zero-order valence-corrected chi connectivity index (χ0v) is 15.4. The standard InChI is InChI=1S/C22H25NO4/c24-13-12-23(19-4-2-1-3-5-19)22(25)17-8-6-16(7-9-17)18-10-11-20-21(14-18)27-15-26-20/h6-11,14,19,24H,1-5,12-13,15H2. The van der Waals surface area contributed by atoms with Gasteiger partial charge in [0.2, 0.25) is 6.79 Å². The summed E-state index contributed by atoms with van der Waals surface area (Å²) in [4.78, 5) is 14.9. The number of fused-ring (bicyclic) bond motifs is 1. The molecular formula is C22H25NO4. The first-order valence-corrected chi connectivity index (χ1v) is 9.68. The van der Waals surface area contributed by atoms with Crippen molar-refractivity contribution >= 4 is 5.91 Å². The maximum Gasteiger partial charge on any atom is 0.254 e. The molecule has 0 bridgehead atoms. The highest BCUT2D eigenvalue weighted by Crippen LogP contribution is 2.36. The van der Waals surface area contributed by atoms with Crippen molar-refractivity contribution in [1.82, 2.24) is 4.90 Å². The van der Waals surface area contributed by atoms with Gasteiger partial charge in [0.15, 0.2) is 11.5 Å². The molecule has 1 saturated carbocycles. The number of carbonyl (C=O) groups is 1.